The number of nitrogens with one attached hydrogen (secondary N) is 1. The van der Waals surface area contributed by atoms with Crippen LogP contribution in [0.4, 0.5) is 19.0 Å². The Hall–Kier alpha value is -2.48. The van der Waals surface area contributed by atoms with Crippen LogP contribution in [0.5, 0.6) is 0 Å². The number of rotatable bonds is 3. The normalized spacial score (nSPS) is 14.7. The molecule has 4 nitrogen and oxygen atoms in total. The molecule has 1 aliphatic carbocycles. The van der Waals surface area contributed by atoms with E-state index in [1.807, 2.05) is 0 Å². The fraction of sp³-hybridized carbons (Fsp3) is 0.278. The molecule has 0 spiro atoms. The number of anilines is 1. The summed E-state index contributed by atoms with van der Waals surface area (Å²) in [6, 6.07) is 5.34. The number of nitrogens with zero attached hydrogens (tertiary/aromatic N) is 3. The van der Waals surface area contributed by atoms with Gasteiger partial charge in [-0.05, 0) is 37.3 Å². The average Bonchev–Trinajstić information content (AvgIpc) is 3.01. The van der Waals surface area contributed by atoms with Crippen LogP contribution in [0.3, 0.4) is 0 Å². The molecule has 134 valence electrons. The Balaban J connectivity index is 1.65. The summed E-state index contributed by atoms with van der Waals surface area (Å²) in [4.78, 5) is 10.8. The van der Waals surface area contributed by atoms with Gasteiger partial charge in [0.2, 0.25) is 0 Å². The first-order chi connectivity index (χ1) is 12.5. The minimum absolute atomic E-state index is 0.00477. The highest BCUT2D eigenvalue weighted by molar-refractivity contribution is 7.19. The van der Waals surface area contributed by atoms with E-state index in [1.165, 1.54) is 41.5 Å². The maximum atomic E-state index is 13.1. The third-order valence-corrected chi connectivity index (χ3v) is 5.59. The molecule has 0 saturated heterocycles. The van der Waals surface area contributed by atoms with Crippen LogP contribution in [-0.4, -0.2) is 16.2 Å². The first kappa shape index (κ1) is 17.0. The number of fused-ring (bicyclic) bond motifs is 3. The molecule has 1 aromatic carbocycles. The highest BCUT2D eigenvalue weighted by atomic mass is 32.1. The predicted molar refractivity (Wildman–Crippen MR) is 96.7 cm³/mol. The van der Waals surface area contributed by atoms with Crippen molar-refractivity contribution in [2.75, 3.05) is 5.43 Å². The van der Waals surface area contributed by atoms with Gasteiger partial charge in [0.05, 0.1) is 17.2 Å². The van der Waals surface area contributed by atoms with Crippen molar-refractivity contribution in [3.63, 3.8) is 0 Å². The molecule has 0 bridgehead atoms. The second-order valence-electron chi connectivity index (χ2n) is 6.07. The number of hydrogen-bond acceptors (Lipinski definition) is 5. The van der Waals surface area contributed by atoms with Gasteiger partial charge >= 0.3 is 6.18 Å². The molecule has 0 aliphatic heterocycles. The van der Waals surface area contributed by atoms with Crippen molar-refractivity contribution in [2.24, 2.45) is 5.10 Å². The highest BCUT2D eigenvalue weighted by Gasteiger charge is 2.32. The van der Waals surface area contributed by atoms with Crippen LogP contribution < -0.4 is 5.43 Å². The summed E-state index contributed by atoms with van der Waals surface area (Å²) >= 11 is 1.66. The van der Waals surface area contributed by atoms with E-state index in [0.717, 1.165) is 35.5 Å². The van der Waals surface area contributed by atoms with Crippen molar-refractivity contribution < 1.29 is 13.2 Å². The van der Waals surface area contributed by atoms with E-state index in [0.29, 0.717) is 5.82 Å². The van der Waals surface area contributed by atoms with Crippen molar-refractivity contribution in [1.82, 2.24) is 9.97 Å². The first-order valence-corrected chi connectivity index (χ1v) is 9.06. The molecule has 0 saturated carbocycles. The van der Waals surface area contributed by atoms with E-state index in [4.69, 9.17) is 0 Å². The molecular weight excluding hydrogens is 361 g/mol. The van der Waals surface area contributed by atoms with Gasteiger partial charge in [-0.25, -0.2) is 9.97 Å². The summed E-state index contributed by atoms with van der Waals surface area (Å²) in [7, 11) is 0. The van der Waals surface area contributed by atoms with Gasteiger partial charge in [-0.15, -0.1) is 11.3 Å². The minimum Gasteiger partial charge on any atom is -0.261 e. The molecule has 1 aliphatic rings. The summed E-state index contributed by atoms with van der Waals surface area (Å²) in [6.07, 6.45) is 2.51. The summed E-state index contributed by atoms with van der Waals surface area (Å²) in [5.74, 6) is 0.537. The second-order valence-corrected chi connectivity index (χ2v) is 7.15. The van der Waals surface area contributed by atoms with Crippen molar-refractivity contribution in [3.8, 4) is 0 Å². The molecule has 1 N–H and O–H groups in total. The van der Waals surface area contributed by atoms with Gasteiger partial charge in [0, 0.05) is 10.4 Å². The van der Waals surface area contributed by atoms with Gasteiger partial charge in [-0.1, -0.05) is 18.2 Å². The maximum Gasteiger partial charge on any atom is 0.417 e. The van der Waals surface area contributed by atoms with Crippen LogP contribution >= 0.6 is 11.3 Å². The summed E-state index contributed by atoms with van der Waals surface area (Å²) < 4.78 is 39.2. The van der Waals surface area contributed by atoms with E-state index in [1.54, 1.807) is 17.4 Å². The number of hydrogen-bond donors (Lipinski definition) is 1. The lowest BCUT2D eigenvalue weighted by molar-refractivity contribution is -0.137. The zero-order valence-corrected chi connectivity index (χ0v) is 14.5. The van der Waals surface area contributed by atoms with Crippen LogP contribution in [0.1, 0.15) is 34.4 Å². The monoisotopic (exact) mass is 376 g/mol. The highest BCUT2D eigenvalue weighted by Crippen LogP contribution is 2.38. The molecule has 26 heavy (non-hydrogen) atoms. The number of benzene rings is 1. The predicted octanol–water partition coefficient (Wildman–Crippen LogP) is 5.03. The zero-order chi connectivity index (χ0) is 18.1. The van der Waals surface area contributed by atoms with E-state index in [2.05, 4.69) is 20.5 Å². The molecule has 2 heterocycles. The van der Waals surface area contributed by atoms with Crippen molar-refractivity contribution in [2.45, 2.75) is 31.9 Å². The fourth-order valence-corrected chi connectivity index (χ4v) is 4.43. The van der Waals surface area contributed by atoms with Crippen molar-refractivity contribution in [3.05, 3.63) is 52.2 Å². The zero-order valence-electron chi connectivity index (χ0n) is 13.7. The lowest BCUT2D eigenvalue weighted by atomic mass is 9.97. The molecule has 0 unspecified atom stereocenters. The van der Waals surface area contributed by atoms with Crippen LogP contribution in [0.25, 0.3) is 10.2 Å². The molecule has 0 amide bonds. The smallest absolute Gasteiger partial charge is 0.261 e. The van der Waals surface area contributed by atoms with E-state index < -0.39 is 11.7 Å². The Morgan fingerprint density at radius 2 is 1.92 bits per heavy atom. The Morgan fingerprint density at radius 1 is 1.12 bits per heavy atom. The minimum atomic E-state index is -4.42. The maximum absolute atomic E-state index is 13.1. The topological polar surface area (TPSA) is 50.2 Å². The molecule has 8 heteroatoms. The number of hydrazone groups is 1. The summed E-state index contributed by atoms with van der Waals surface area (Å²) in [5, 5.41) is 4.94. The van der Waals surface area contributed by atoms with Crippen molar-refractivity contribution in [1.29, 1.82) is 0 Å². The molecule has 0 atom stereocenters. The Bertz CT molecular complexity index is 978. The average molecular weight is 376 g/mol. The number of aryl methyl sites for hydroxylation is 2. The van der Waals surface area contributed by atoms with Crippen LogP contribution in [0.2, 0.25) is 0 Å². The third-order valence-electron chi connectivity index (χ3n) is 4.39. The Labute approximate surface area is 151 Å². The van der Waals surface area contributed by atoms with Gasteiger partial charge in [0.25, 0.3) is 0 Å². The molecular formula is C18H15F3N4S. The summed E-state index contributed by atoms with van der Waals surface area (Å²) in [6.45, 7) is 0. The quantitative estimate of drug-likeness (QED) is 0.515. The van der Waals surface area contributed by atoms with Gasteiger partial charge < -0.3 is 0 Å². The standard InChI is InChI=1S/C18H15F3N4S/c19-18(20,21)13-7-3-1-5-11(13)9-24-25-16-15-12-6-2-4-8-14(12)26-17(15)23-10-22-16/h1,3,5,7,9-10H,2,4,6,8H2,(H,22,23,25)/b24-9-. The molecule has 4 rings (SSSR count). The number of halogens is 3. The second kappa shape index (κ2) is 6.68. The van der Waals surface area contributed by atoms with E-state index in [9.17, 15) is 13.2 Å². The largest absolute Gasteiger partial charge is 0.417 e. The van der Waals surface area contributed by atoms with Crippen LogP contribution in [-0.2, 0) is 19.0 Å². The van der Waals surface area contributed by atoms with Crippen molar-refractivity contribution >= 4 is 33.6 Å². The first-order valence-electron chi connectivity index (χ1n) is 8.24. The molecule has 2 aromatic heterocycles. The fourth-order valence-electron chi connectivity index (χ4n) is 3.21. The SMILES string of the molecule is FC(F)(F)c1ccccc1/C=N\Nc1ncnc2sc3c(c12)CCCC3. The van der Waals surface area contributed by atoms with Crippen LogP contribution in [0, 0.1) is 0 Å². The Kier molecular flexibility index (Phi) is 4.36. The number of thiophene rings is 1. The molecule has 0 fully saturated rings. The Morgan fingerprint density at radius 3 is 2.77 bits per heavy atom. The van der Waals surface area contributed by atoms with Gasteiger partial charge in [0.15, 0.2) is 5.82 Å². The van der Waals surface area contributed by atoms with Gasteiger partial charge in [-0.2, -0.15) is 18.3 Å². The summed E-state index contributed by atoms with van der Waals surface area (Å²) in [5.41, 5.74) is 3.34. The molecule has 0 radical (unpaired) electrons. The lowest BCUT2D eigenvalue weighted by Gasteiger charge is -2.11. The van der Waals surface area contributed by atoms with Gasteiger partial charge in [-0.3, -0.25) is 5.43 Å². The lowest BCUT2D eigenvalue weighted by Crippen LogP contribution is -2.09. The molecule has 3 aromatic rings. The number of alkyl halides is 3. The van der Waals surface area contributed by atoms with Crippen LogP contribution in [0.15, 0.2) is 35.7 Å². The number of aromatic nitrogens is 2. The third kappa shape index (κ3) is 3.16. The van der Waals surface area contributed by atoms with E-state index >= 15 is 0 Å². The van der Waals surface area contributed by atoms with Gasteiger partial charge in [0.1, 0.15) is 11.2 Å². The van der Waals surface area contributed by atoms with E-state index in [-0.39, 0.29) is 5.56 Å².